The first-order chi connectivity index (χ1) is 26.6. The van der Waals surface area contributed by atoms with E-state index in [4.69, 9.17) is 9.84 Å². The molecule has 278 valence electrons. The lowest BCUT2D eigenvalue weighted by molar-refractivity contribution is -0.128. The van der Waals surface area contributed by atoms with Gasteiger partial charge < -0.3 is 14.9 Å². The van der Waals surface area contributed by atoms with Gasteiger partial charge in [0.2, 0.25) is 0 Å². The second-order valence-electron chi connectivity index (χ2n) is 14.2. The minimum Gasteiger partial charge on any atom is -0.493 e. The number of fused-ring (bicyclic) bond motifs is 1. The van der Waals surface area contributed by atoms with Gasteiger partial charge in [-0.3, -0.25) is 4.79 Å². The molecule has 5 nitrogen and oxygen atoms in total. The molecule has 1 saturated carbocycles. The van der Waals surface area contributed by atoms with Gasteiger partial charge in [-0.2, -0.15) is 5.10 Å². The van der Waals surface area contributed by atoms with Crippen LogP contribution in [0.15, 0.2) is 102 Å². The van der Waals surface area contributed by atoms with Crippen LogP contribution in [0.2, 0.25) is 0 Å². The summed E-state index contributed by atoms with van der Waals surface area (Å²) < 4.78 is 25.4. The molecule has 0 amide bonds. The number of nitrogens with zero attached hydrogens (tertiary/aromatic N) is 1. The molecule has 0 spiro atoms. The predicted molar refractivity (Wildman–Crippen MR) is 219 cm³/mol. The Morgan fingerprint density at radius 3 is 2.28 bits per heavy atom. The number of halogens is 1. The molecule has 0 saturated heterocycles. The van der Waals surface area contributed by atoms with Crippen LogP contribution in [0.25, 0.3) is 33.0 Å². The summed E-state index contributed by atoms with van der Waals surface area (Å²) in [6, 6.07) is 32.3. The molecule has 0 bridgehead atoms. The molecule has 6 heteroatoms. The van der Waals surface area contributed by atoms with Gasteiger partial charge in [-0.1, -0.05) is 105 Å². The molecule has 6 rings (SSSR count). The number of hydrogen-bond donors (Lipinski definition) is 1. The van der Waals surface area contributed by atoms with E-state index in [1.807, 2.05) is 30.5 Å². The number of nitrogens with one attached hydrogen (secondary N) is 1. The molecule has 0 aromatic heterocycles. The number of carbonyl (C=O) groups excluding carboxylic acids is 1. The van der Waals surface area contributed by atoms with Crippen molar-refractivity contribution in [3.63, 3.8) is 0 Å². The van der Waals surface area contributed by atoms with Crippen molar-refractivity contribution in [1.29, 1.82) is 0 Å². The lowest BCUT2D eigenvalue weighted by Gasteiger charge is -2.20. The van der Waals surface area contributed by atoms with Crippen LogP contribution < -0.4 is 10.2 Å². The lowest BCUT2D eigenvalue weighted by Crippen LogP contribution is -2.20. The molecule has 5 aromatic rings. The average molecular weight is 723 g/mol. The lowest BCUT2D eigenvalue weighted by atomic mass is 9.89. The van der Waals surface area contributed by atoms with Crippen molar-refractivity contribution in [2.24, 2.45) is 11.0 Å². The van der Waals surface area contributed by atoms with Gasteiger partial charge in [0.1, 0.15) is 11.6 Å². The van der Waals surface area contributed by atoms with Crippen molar-refractivity contribution < 1.29 is 18.7 Å². The third kappa shape index (κ3) is 10.8. The second kappa shape index (κ2) is 20.2. The molecule has 54 heavy (non-hydrogen) atoms. The van der Waals surface area contributed by atoms with Crippen molar-refractivity contribution in [3.8, 4) is 39.8 Å². The zero-order chi connectivity index (χ0) is 37.4. The summed E-state index contributed by atoms with van der Waals surface area (Å²) >= 11 is 0. The highest BCUT2D eigenvalue weighted by atomic mass is 19.1. The van der Waals surface area contributed by atoms with Gasteiger partial charge in [0.15, 0.2) is 0 Å². The van der Waals surface area contributed by atoms with E-state index in [0.717, 1.165) is 46.0 Å². The number of carbonyl (C=O) groups is 1. The molecule has 1 N–H and O–H groups in total. The summed E-state index contributed by atoms with van der Waals surface area (Å²) in [5.41, 5.74) is 11.3. The fourth-order valence-corrected chi connectivity index (χ4v) is 7.16. The van der Waals surface area contributed by atoms with Crippen molar-refractivity contribution in [2.45, 2.75) is 77.6 Å². The Morgan fingerprint density at radius 2 is 1.50 bits per heavy atom. The standard InChI is InChI=1S/C48H51FN2O3/c1-2-3-5-10-36-15-20-40(21-16-36)44-27-24-42-31-38(19-26-45(42)47(44)34-51-50-33-39-11-6-4-7-12-39)14-13-37-17-22-41(23-18-37)46-28-25-43(32-48(46)49)54-30-9-8-29-53-35-52/h15-28,31-32,34-35,39,50H,2-12,29-30,33H2,1H3/b51-34+. The Balaban J connectivity index is 1.16. The van der Waals surface area contributed by atoms with Gasteiger partial charge in [-0.25, -0.2) is 4.39 Å². The van der Waals surface area contributed by atoms with Crippen LogP contribution in [0.1, 0.15) is 93.4 Å². The van der Waals surface area contributed by atoms with E-state index < -0.39 is 0 Å². The maximum atomic E-state index is 15.0. The first kappa shape index (κ1) is 38.3. The zero-order valence-corrected chi connectivity index (χ0v) is 31.4. The van der Waals surface area contributed by atoms with Crippen LogP contribution in [0.3, 0.4) is 0 Å². The van der Waals surface area contributed by atoms with Crippen molar-refractivity contribution in [1.82, 2.24) is 5.43 Å². The van der Waals surface area contributed by atoms with Gasteiger partial charge in [0.25, 0.3) is 6.47 Å². The molecular formula is C48H51FN2O3. The minimum atomic E-state index is -0.348. The van der Waals surface area contributed by atoms with Gasteiger partial charge in [-0.05, 0) is 114 Å². The number of unbranched alkanes of at least 4 members (excludes halogenated alkanes) is 3. The van der Waals surface area contributed by atoms with Crippen LogP contribution in [0.4, 0.5) is 4.39 Å². The first-order valence-electron chi connectivity index (χ1n) is 19.6. The molecule has 1 aliphatic rings. The van der Waals surface area contributed by atoms with Crippen LogP contribution >= 0.6 is 0 Å². The monoisotopic (exact) mass is 722 g/mol. The van der Waals surface area contributed by atoms with Gasteiger partial charge in [0.05, 0.1) is 19.4 Å². The van der Waals surface area contributed by atoms with Crippen LogP contribution in [-0.2, 0) is 16.0 Å². The van der Waals surface area contributed by atoms with Crippen molar-refractivity contribution >= 4 is 23.5 Å². The van der Waals surface area contributed by atoms with E-state index in [1.165, 1.54) is 74.1 Å². The summed E-state index contributed by atoms with van der Waals surface area (Å²) in [6.45, 7) is 4.38. The Hall–Kier alpha value is -5.41. The summed E-state index contributed by atoms with van der Waals surface area (Å²) in [4.78, 5) is 10.2. The number of hydrogen-bond acceptors (Lipinski definition) is 5. The molecule has 0 radical (unpaired) electrons. The topological polar surface area (TPSA) is 59.9 Å². The smallest absolute Gasteiger partial charge is 0.293 e. The van der Waals surface area contributed by atoms with Gasteiger partial charge >= 0.3 is 0 Å². The van der Waals surface area contributed by atoms with Crippen molar-refractivity contribution in [3.05, 3.63) is 125 Å². The summed E-state index contributed by atoms with van der Waals surface area (Å²) in [5.74, 6) is 7.45. The number of benzene rings is 5. The molecule has 0 aliphatic heterocycles. The predicted octanol–water partition coefficient (Wildman–Crippen LogP) is 11.3. The molecule has 0 atom stereocenters. The van der Waals surface area contributed by atoms with Crippen molar-refractivity contribution in [2.75, 3.05) is 19.8 Å². The van der Waals surface area contributed by atoms with E-state index >= 15 is 4.39 Å². The third-order valence-corrected chi connectivity index (χ3v) is 10.3. The van der Waals surface area contributed by atoms with E-state index in [-0.39, 0.29) is 5.82 Å². The normalized spacial score (nSPS) is 13.1. The minimum absolute atomic E-state index is 0.348. The van der Waals surface area contributed by atoms with Crippen LogP contribution in [-0.4, -0.2) is 32.4 Å². The molecule has 1 fully saturated rings. The van der Waals surface area contributed by atoms with E-state index in [2.05, 4.69) is 83.5 Å². The summed E-state index contributed by atoms with van der Waals surface area (Å²) in [5, 5.41) is 7.01. The SMILES string of the molecule is CCCCCc1ccc(-c2ccc3cc(C#Cc4ccc(-c5ccc(OCCCCOC=O)cc5F)cc4)ccc3c2/C=N/NCC2CCCCC2)cc1. The van der Waals surface area contributed by atoms with Gasteiger partial charge in [-0.15, -0.1) is 0 Å². The van der Waals surface area contributed by atoms with Gasteiger partial charge in [0, 0.05) is 34.9 Å². The Bertz CT molecular complexity index is 2060. The average Bonchev–Trinajstić information content (AvgIpc) is 3.21. The quantitative estimate of drug-likeness (QED) is 0.0341. The summed E-state index contributed by atoms with van der Waals surface area (Å²) in [7, 11) is 0. The van der Waals surface area contributed by atoms with Crippen LogP contribution in [0, 0.1) is 23.6 Å². The number of ether oxygens (including phenoxy) is 2. The highest BCUT2D eigenvalue weighted by Crippen LogP contribution is 2.31. The number of hydrazone groups is 1. The Morgan fingerprint density at radius 1 is 0.778 bits per heavy atom. The first-order valence-corrected chi connectivity index (χ1v) is 19.6. The largest absolute Gasteiger partial charge is 0.493 e. The Kier molecular flexibility index (Phi) is 14.3. The second-order valence-corrected chi connectivity index (χ2v) is 14.2. The zero-order valence-electron chi connectivity index (χ0n) is 31.4. The molecular weight excluding hydrogens is 672 g/mol. The Labute approximate surface area is 320 Å². The third-order valence-electron chi connectivity index (χ3n) is 10.3. The molecule has 0 unspecified atom stereocenters. The highest BCUT2D eigenvalue weighted by Gasteiger charge is 2.13. The van der Waals surface area contributed by atoms with Crippen LogP contribution in [0.5, 0.6) is 5.75 Å². The molecule has 5 aromatic carbocycles. The number of aryl methyl sites for hydroxylation is 1. The van der Waals surface area contributed by atoms with E-state index in [9.17, 15) is 4.79 Å². The van der Waals surface area contributed by atoms with E-state index in [0.29, 0.717) is 49.8 Å². The molecule has 0 heterocycles. The fraction of sp³-hybridized carbons (Fsp3) is 0.333. The number of rotatable bonds is 17. The molecule has 1 aliphatic carbocycles. The van der Waals surface area contributed by atoms with E-state index in [1.54, 1.807) is 12.1 Å². The maximum absolute atomic E-state index is 15.0. The maximum Gasteiger partial charge on any atom is 0.293 e. The summed E-state index contributed by atoms with van der Waals surface area (Å²) in [6.07, 6.45) is 14.8. The highest BCUT2D eigenvalue weighted by molar-refractivity contribution is 6.06. The fourth-order valence-electron chi connectivity index (χ4n) is 7.16.